The molecule has 4 fully saturated rings. The van der Waals surface area contributed by atoms with Gasteiger partial charge in [-0.1, -0.05) is 0 Å². The van der Waals surface area contributed by atoms with E-state index in [4.69, 9.17) is 14.3 Å². The van der Waals surface area contributed by atoms with Gasteiger partial charge in [0.1, 0.15) is 17.1 Å². The fourth-order valence-corrected chi connectivity index (χ4v) is 5.96. The minimum Gasteiger partial charge on any atom is -0.496 e. The molecule has 0 saturated heterocycles. The van der Waals surface area contributed by atoms with Crippen LogP contribution in [-0.4, -0.2) is 62.0 Å². The average Bonchev–Trinajstić information content (AvgIpc) is 2.72. The van der Waals surface area contributed by atoms with Crippen molar-refractivity contribution >= 4 is 11.8 Å². The number of methoxy groups -OCH3 is 2. The van der Waals surface area contributed by atoms with Crippen LogP contribution in [-0.2, 0) is 4.84 Å². The van der Waals surface area contributed by atoms with Gasteiger partial charge in [0.05, 0.1) is 26.9 Å². The molecule has 4 bridgehead atoms. The summed E-state index contributed by atoms with van der Waals surface area (Å²) < 4.78 is 10.9. The second-order valence-corrected chi connectivity index (χ2v) is 8.93. The van der Waals surface area contributed by atoms with Crippen molar-refractivity contribution in [3.63, 3.8) is 0 Å². The summed E-state index contributed by atoms with van der Waals surface area (Å²) in [6, 6.07) is 3.08. The molecule has 5 rings (SSSR count). The SMILES string of the molecule is COc1cc(C(=O)N(C)OC)cc(OC)c1C(=O)NC1C2CC3CC1CC(O)(C3)C2. The van der Waals surface area contributed by atoms with Gasteiger partial charge in [-0.3, -0.25) is 14.4 Å². The lowest BCUT2D eigenvalue weighted by atomic mass is 9.52. The number of ether oxygens (including phenoxy) is 2. The number of rotatable bonds is 6. The van der Waals surface area contributed by atoms with E-state index >= 15 is 0 Å². The molecule has 4 aliphatic rings. The molecule has 0 spiro atoms. The molecule has 2 atom stereocenters. The van der Waals surface area contributed by atoms with E-state index in [9.17, 15) is 14.7 Å². The number of aliphatic hydroxyl groups is 1. The number of amides is 2. The van der Waals surface area contributed by atoms with E-state index in [1.807, 2.05) is 0 Å². The standard InChI is InChI=1S/C22H30N2O6/c1-24(30-4)21(26)13-7-16(28-2)18(17(8-13)29-3)20(25)23-19-14-5-12-6-15(19)11-22(27,9-12)10-14/h7-8,12,14-15,19,27H,5-6,9-11H2,1-4H3,(H,23,25). The van der Waals surface area contributed by atoms with Gasteiger partial charge in [-0.05, 0) is 62.0 Å². The molecule has 2 amide bonds. The number of benzene rings is 1. The Morgan fingerprint density at radius 1 is 1.07 bits per heavy atom. The normalized spacial score (nSPS) is 31.4. The van der Waals surface area contributed by atoms with E-state index in [1.54, 1.807) is 0 Å². The van der Waals surface area contributed by atoms with Gasteiger partial charge in [0.25, 0.3) is 11.8 Å². The zero-order valence-corrected chi connectivity index (χ0v) is 17.9. The van der Waals surface area contributed by atoms with Gasteiger partial charge in [0.2, 0.25) is 0 Å². The first-order chi connectivity index (χ1) is 14.3. The summed E-state index contributed by atoms with van der Waals surface area (Å²) in [6.07, 6.45) is 4.49. The summed E-state index contributed by atoms with van der Waals surface area (Å²) in [6.45, 7) is 0. The highest BCUT2D eigenvalue weighted by Crippen LogP contribution is 2.55. The van der Waals surface area contributed by atoms with Crippen molar-refractivity contribution < 1.29 is 29.0 Å². The topological polar surface area (TPSA) is 97.3 Å². The van der Waals surface area contributed by atoms with E-state index in [-0.39, 0.29) is 34.9 Å². The third kappa shape index (κ3) is 3.52. The maximum Gasteiger partial charge on any atom is 0.277 e. The summed E-state index contributed by atoms with van der Waals surface area (Å²) in [5, 5.41) is 15.1. The largest absolute Gasteiger partial charge is 0.496 e. The van der Waals surface area contributed by atoms with Crippen molar-refractivity contribution in [1.29, 1.82) is 0 Å². The molecule has 2 unspecified atom stereocenters. The highest BCUT2D eigenvalue weighted by atomic mass is 16.7. The van der Waals surface area contributed by atoms with Crippen LogP contribution in [0.1, 0.15) is 52.8 Å². The zero-order chi connectivity index (χ0) is 21.6. The monoisotopic (exact) mass is 418 g/mol. The molecule has 1 aromatic rings. The molecule has 0 aromatic heterocycles. The smallest absolute Gasteiger partial charge is 0.277 e. The predicted octanol–water partition coefficient (Wildman–Crippen LogP) is 2.01. The van der Waals surface area contributed by atoms with Crippen LogP contribution in [0.3, 0.4) is 0 Å². The Morgan fingerprint density at radius 2 is 1.63 bits per heavy atom. The summed E-state index contributed by atoms with van der Waals surface area (Å²) in [4.78, 5) is 30.7. The summed E-state index contributed by atoms with van der Waals surface area (Å²) >= 11 is 0. The number of carbonyl (C=O) groups is 2. The first kappa shape index (κ1) is 20.9. The number of hydroxylamine groups is 2. The van der Waals surface area contributed by atoms with Gasteiger partial charge in [-0.25, -0.2) is 5.06 Å². The van der Waals surface area contributed by atoms with E-state index < -0.39 is 5.60 Å². The van der Waals surface area contributed by atoms with Crippen LogP contribution in [0.25, 0.3) is 0 Å². The van der Waals surface area contributed by atoms with Gasteiger partial charge < -0.3 is 19.9 Å². The Morgan fingerprint density at radius 3 is 2.10 bits per heavy atom. The molecule has 4 aliphatic carbocycles. The van der Waals surface area contributed by atoms with Crippen LogP contribution < -0.4 is 14.8 Å². The van der Waals surface area contributed by atoms with E-state index in [0.717, 1.165) is 37.2 Å². The lowest BCUT2D eigenvalue weighted by molar-refractivity contribution is -0.136. The molecule has 0 aliphatic heterocycles. The fraction of sp³-hybridized carbons (Fsp3) is 0.636. The molecule has 4 saturated carbocycles. The quantitative estimate of drug-likeness (QED) is 0.686. The molecule has 1 aromatic carbocycles. The van der Waals surface area contributed by atoms with Crippen molar-refractivity contribution in [1.82, 2.24) is 10.4 Å². The highest BCUT2D eigenvalue weighted by molar-refractivity contribution is 6.02. The Labute approximate surface area is 176 Å². The molecule has 30 heavy (non-hydrogen) atoms. The van der Waals surface area contributed by atoms with Crippen molar-refractivity contribution in [3.8, 4) is 11.5 Å². The van der Waals surface area contributed by atoms with Gasteiger partial charge in [-0.15, -0.1) is 0 Å². The van der Waals surface area contributed by atoms with Crippen LogP contribution in [0.15, 0.2) is 12.1 Å². The maximum atomic E-state index is 13.3. The third-order valence-corrected chi connectivity index (χ3v) is 7.08. The molecule has 164 valence electrons. The van der Waals surface area contributed by atoms with Gasteiger partial charge in [-0.2, -0.15) is 0 Å². The molecule has 8 nitrogen and oxygen atoms in total. The van der Waals surface area contributed by atoms with E-state index in [2.05, 4.69) is 5.32 Å². The number of hydrogen-bond acceptors (Lipinski definition) is 6. The number of nitrogens with zero attached hydrogens (tertiary/aromatic N) is 1. The molecule has 0 radical (unpaired) electrons. The lowest BCUT2D eigenvalue weighted by Crippen LogP contribution is -2.61. The van der Waals surface area contributed by atoms with Crippen LogP contribution in [0, 0.1) is 17.8 Å². The third-order valence-electron chi connectivity index (χ3n) is 7.08. The van der Waals surface area contributed by atoms with Crippen molar-refractivity contribution in [3.05, 3.63) is 23.3 Å². The van der Waals surface area contributed by atoms with Gasteiger partial charge in [0.15, 0.2) is 0 Å². The van der Waals surface area contributed by atoms with E-state index in [0.29, 0.717) is 23.3 Å². The fourth-order valence-electron chi connectivity index (χ4n) is 5.96. The lowest BCUT2D eigenvalue weighted by Gasteiger charge is -2.58. The van der Waals surface area contributed by atoms with Gasteiger partial charge in [0, 0.05) is 18.7 Å². The predicted molar refractivity (Wildman–Crippen MR) is 108 cm³/mol. The van der Waals surface area contributed by atoms with Gasteiger partial charge >= 0.3 is 0 Å². The van der Waals surface area contributed by atoms with E-state index in [1.165, 1.54) is 40.5 Å². The molecular formula is C22H30N2O6. The maximum absolute atomic E-state index is 13.3. The van der Waals surface area contributed by atoms with Crippen molar-refractivity contribution in [2.24, 2.45) is 17.8 Å². The first-order valence-corrected chi connectivity index (χ1v) is 10.4. The number of nitrogens with one attached hydrogen (secondary N) is 1. The minimum atomic E-state index is -0.553. The summed E-state index contributed by atoms with van der Waals surface area (Å²) in [5.41, 5.74) is 0.00764. The second kappa shape index (κ2) is 7.74. The van der Waals surface area contributed by atoms with Crippen molar-refractivity contribution in [2.45, 2.75) is 43.7 Å². The highest BCUT2D eigenvalue weighted by Gasteiger charge is 2.55. The molecule has 8 heteroatoms. The van der Waals surface area contributed by atoms with Crippen LogP contribution in [0.4, 0.5) is 0 Å². The second-order valence-electron chi connectivity index (χ2n) is 8.93. The summed E-state index contributed by atoms with van der Waals surface area (Å²) in [5.74, 6) is 1.01. The Hall–Kier alpha value is -2.32. The van der Waals surface area contributed by atoms with Crippen LogP contribution in [0.2, 0.25) is 0 Å². The van der Waals surface area contributed by atoms with Crippen LogP contribution in [0.5, 0.6) is 11.5 Å². The van der Waals surface area contributed by atoms with Crippen molar-refractivity contribution in [2.75, 3.05) is 28.4 Å². The molecule has 2 N–H and O–H groups in total. The Bertz CT molecular complexity index is 815. The Kier molecular flexibility index (Phi) is 5.40. The van der Waals surface area contributed by atoms with Crippen LogP contribution >= 0.6 is 0 Å². The molecule has 0 heterocycles. The number of carbonyl (C=O) groups excluding carboxylic acids is 2. The number of hydrogen-bond donors (Lipinski definition) is 2. The minimum absolute atomic E-state index is 0.0321. The first-order valence-electron chi connectivity index (χ1n) is 10.4. The zero-order valence-electron chi connectivity index (χ0n) is 17.9. The molecular weight excluding hydrogens is 388 g/mol. The Balaban J connectivity index is 1.60. The summed E-state index contributed by atoms with van der Waals surface area (Å²) in [7, 11) is 5.81. The average molecular weight is 418 g/mol.